The van der Waals surface area contributed by atoms with Crippen LogP contribution in [0, 0.1) is 6.92 Å². The lowest BCUT2D eigenvalue weighted by Gasteiger charge is -2.32. The second-order valence-corrected chi connectivity index (χ2v) is 5.13. The van der Waals surface area contributed by atoms with Gasteiger partial charge in [0.05, 0.1) is 31.2 Å². The Morgan fingerprint density at radius 2 is 2.38 bits per heavy atom. The second kappa shape index (κ2) is 5.73. The number of carbonyl (C=O) groups excluding carboxylic acids is 1. The van der Waals surface area contributed by atoms with Gasteiger partial charge in [0.1, 0.15) is 11.9 Å². The van der Waals surface area contributed by atoms with Gasteiger partial charge in [-0.15, -0.1) is 0 Å². The number of aromatic nitrogens is 2. The third-order valence-corrected chi connectivity index (χ3v) is 3.79. The molecule has 1 aliphatic rings. The summed E-state index contributed by atoms with van der Waals surface area (Å²) >= 11 is 0. The van der Waals surface area contributed by atoms with Gasteiger partial charge >= 0.3 is 0 Å². The molecule has 0 aliphatic carbocycles. The van der Waals surface area contributed by atoms with E-state index in [0.717, 1.165) is 12.1 Å². The number of carbonyl (C=O) groups is 1. The molecule has 21 heavy (non-hydrogen) atoms. The van der Waals surface area contributed by atoms with E-state index in [1.54, 1.807) is 19.3 Å². The van der Waals surface area contributed by atoms with Crippen LogP contribution in [0.15, 0.2) is 29.1 Å². The summed E-state index contributed by atoms with van der Waals surface area (Å²) in [6.45, 7) is 6.33. The number of amides is 1. The molecule has 1 saturated heterocycles. The van der Waals surface area contributed by atoms with Gasteiger partial charge in [0.15, 0.2) is 0 Å². The van der Waals surface area contributed by atoms with Crippen molar-refractivity contribution in [2.24, 2.45) is 0 Å². The highest BCUT2D eigenvalue weighted by atomic mass is 16.5. The number of aryl methyl sites for hydroxylation is 2. The number of hydrogen-bond donors (Lipinski definition) is 0. The van der Waals surface area contributed by atoms with Crippen molar-refractivity contribution < 1.29 is 13.9 Å². The van der Waals surface area contributed by atoms with Crippen LogP contribution in [0.1, 0.15) is 34.7 Å². The van der Waals surface area contributed by atoms with Crippen LogP contribution in [0.2, 0.25) is 0 Å². The molecule has 0 radical (unpaired) electrons. The number of morpholine rings is 1. The predicted octanol–water partition coefficient (Wildman–Crippen LogP) is 2.02. The van der Waals surface area contributed by atoms with Crippen molar-refractivity contribution in [3.05, 3.63) is 41.6 Å². The first-order chi connectivity index (χ1) is 10.2. The smallest absolute Gasteiger partial charge is 0.257 e. The lowest BCUT2D eigenvalue weighted by molar-refractivity contribution is -0.0229. The van der Waals surface area contributed by atoms with Crippen molar-refractivity contribution in [2.75, 3.05) is 19.7 Å². The Morgan fingerprint density at radius 1 is 1.52 bits per heavy atom. The number of furan rings is 1. The van der Waals surface area contributed by atoms with E-state index in [4.69, 9.17) is 9.15 Å². The quantitative estimate of drug-likeness (QED) is 0.867. The van der Waals surface area contributed by atoms with Gasteiger partial charge in [-0.05, 0) is 19.9 Å². The van der Waals surface area contributed by atoms with Gasteiger partial charge in [-0.2, -0.15) is 5.10 Å². The number of hydrogen-bond acceptors (Lipinski definition) is 4. The van der Waals surface area contributed by atoms with Gasteiger partial charge < -0.3 is 14.1 Å². The molecule has 0 saturated carbocycles. The Hall–Kier alpha value is -2.08. The van der Waals surface area contributed by atoms with Gasteiger partial charge in [-0.1, -0.05) is 0 Å². The van der Waals surface area contributed by atoms with E-state index in [1.807, 2.05) is 28.9 Å². The molecule has 112 valence electrons. The van der Waals surface area contributed by atoms with E-state index in [-0.39, 0.29) is 12.0 Å². The molecule has 0 aromatic carbocycles. The Labute approximate surface area is 123 Å². The fourth-order valence-electron chi connectivity index (χ4n) is 2.53. The van der Waals surface area contributed by atoms with Gasteiger partial charge in [0, 0.05) is 24.8 Å². The first kappa shape index (κ1) is 13.9. The van der Waals surface area contributed by atoms with Crippen LogP contribution in [-0.2, 0) is 11.3 Å². The maximum Gasteiger partial charge on any atom is 0.257 e. The molecule has 6 nitrogen and oxygen atoms in total. The van der Waals surface area contributed by atoms with E-state index in [9.17, 15) is 4.79 Å². The van der Waals surface area contributed by atoms with E-state index in [1.165, 1.54) is 0 Å². The van der Waals surface area contributed by atoms with Gasteiger partial charge in [0.2, 0.25) is 0 Å². The van der Waals surface area contributed by atoms with Crippen LogP contribution >= 0.6 is 0 Å². The Balaban J connectivity index is 1.74. The Kier molecular flexibility index (Phi) is 3.79. The normalized spacial score (nSPS) is 19.0. The van der Waals surface area contributed by atoms with Crippen LogP contribution in [0.4, 0.5) is 0 Å². The lowest BCUT2D eigenvalue weighted by Crippen LogP contribution is -2.42. The summed E-state index contributed by atoms with van der Waals surface area (Å²) in [5, 5.41) is 4.26. The van der Waals surface area contributed by atoms with Crippen molar-refractivity contribution in [3.63, 3.8) is 0 Å². The minimum Gasteiger partial charge on any atom is -0.469 e. The molecule has 3 heterocycles. The molecule has 0 bridgehead atoms. The summed E-state index contributed by atoms with van der Waals surface area (Å²) in [5.74, 6) is 0.652. The minimum absolute atomic E-state index is 0.00238. The molecule has 1 aliphatic heterocycles. The summed E-state index contributed by atoms with van der Waals surface area (Å²) in [6.07, 6.45) is 5.22. The molecular weight excluding hydrogens is 270 g/mol. The molecule has 0 unspecified atom stereocenters. The standard InChI is InChI=1S/C15H19N3O3/c1-3-18-9-12(8-16-18)14-10-17(5-7-21-14)15(19)13-4-6-20-11(13)2/h4,6,8-9,14H,3,5,7,10H2,1-2H3/t14-/m1/s1. The first-order valence-corrected chi connectivity index (χ1v) is 7.16. The highest BCUT2D eigenvalue weighted by Crippen LogP contribution is 2.23. The fraction of sp³-hybridized carbons (Fsp3) is 0.467. The lowest BCUT2D eigenvalue weighted by atomic mass is 10.1. The summed E-state index contributed by atoms with van der Waals surface area (Å²) in [7, 11) is 0. The number of rotatable bonds is 3. The Bertz CT molecular complexity index is 632. The molecule has 0 spiro atoms. The maximum absolute atomic E-state index is 12.5. The monoisotopic (exact) mass is 289 g/mol. The van der Waals surface area contributed by atoms with Gasteiger partial charge in [-0.25, -0.2) is 0 Å². The maximum atomic E-state index is 12.5. The molecule has 0 N–H and O–H groups in total. The third kappa shape index (κ3) is 2.71. The average molecular weight is 289 g/mol. The van der Waals surface area contributed by atoms with Crippen LogP contribution in [0.5, 0.6) is 0 Å². The van der Waals surface area contributed by atoms with E-state index in [0.29, 0.717) is 31.0 Å². The Morgan fingerprint density at radius 3 is 3.05 bits per heavy atom. The summed E-state index contributed by atoms with van der Waals surface area (Å²) < 4.78 is 12.9. The molecule has 6 heteroatoms. The van der Waals surface area contributed by atoms with E-state index >= 15 is 0 Å². The van der Waals surface area contributed by atoms with Crippen molar-refractivity contribution in [1.29, 1.82) is 0 Å². The zero-order valence-electron chi connectivity index (χ0n) is 12.3. The summed E-state index contributed by atoms with van der Waals surface area (Å²) in [6, 6.07) is 1.72. The van der Waals surface area contributed by atoms with E-state index < -0.39 is 0 Å². The number of nitrogens with zero attached hydrogens (tertiary/aromatic N) is 3. The molecule has 3 rings (SSSR count). The largest absolute Gasteiger partial charge is 0.469 e. The third-order valence-electron chi connectivity index (χ3n) is 3.79. The summed E-state index contributed by atoms with van der Waals surface area (Å²) in [4.78, 5) is 14.3. The molecule has 1 amide bonds. The molecule has 1 fully saturated rings. The highest BCUT2D eigenvalue weighted by Gasteiger charge is 2.28. The van der Waals surface area contributed by atoms with Crippen molar-refractivity contribution in [3.8, 4) is 0 Å². The molecular formula is C15H19N3O3. The van der Waals surface area contributed by atoms with Crippen LogP contribution < -0.4 is 0 Å². The predicted molar refractivity (Wildman–Crippen MR) is 75.9 cm³/mol. The fourth-order valence-corrected chi connectivity index (χ4v) is 2.53. The van der Waals surface area contributed by atoms with E-state index in [2.05, 4.69) is 5.10 Å². The topological polar surface area (TPSA) is 60.5 Å². The van der Waals surface area contributed by atoms with Crippen molar-refractivity contribution in [1.82, 2.24) is 14.7 Å². The van der Waals surface area contributed by atoms with Gasteiger partial charge in [0.25, 0.3) is 5.91 Å². The van der Waals surface area contributed by atoms with Gasteiger partial charge in [-0.3, -0.25) is 9.48 Å². The second-order valence-electron chi connectivity index (χ2n) is 5.13. The van der Waals surface area contributed by atoms with Crippen LogP contribution in [0.3, 0.4) is 0 Å². The molecule has 1 atom stereocenters. The average Bonchev–Trinajstić information content (AvgIpc) is 3.15. The molecule has 2 aromatic rings. The number of ether oxygens (including phenoxy) is 1. The van der Waals surface area contributed by atoms with Crippen molar-refractivity contribution in [2.45, 2.75) is 26.5 Å². The highest BCUT2D eigenvalue weighted by molar-refractivity contribution is 5.95. The van der Waals surface area contributed by atoms with Crippen molar-refractivity contribution >= 4 is 5.91 Å². The zero-order chi connectivity index (χ0) is 14.8. The SMILES string of the molecule is CCn1cc([C@H]2CN(C(=O)c3ccoc3C)CCO2)cn1. The van der Waals surface area contributed by atoms with Crippen LogP contribution in [0.25, 0.3) is 0 Å². The first-order valence-electron chi connectivity index (χ1n) is 7.16. The zero-order valence-corrected chi connectivity index (χ0v) is 12.3. The minimum atomic E-state index is -0.116. The van der Waals surface area contributed by atoms with Crippen LogP contribution in [-0.4, -0.2) is 40.3 Å². The molecule has 2 aromatic heterocycles. The summed E-state index contributed by atoms with van der Waals surface area (Å²) in [5.41, 5.74) is 1.64.